The third kappa shape index (κ3) is 4.85. The fraction of sp³-hybridized carbons (Fsp3) is 0.227. The fourth-order valence-corrected chi connectivity index (χ4v) is 2.75. The van der Waals surface area contributed by atoms with Gasteiger partial charge in [0.05, 0.1) is 23.2 Å². The van der Waals surface area contributed by atoms with Crippen LogP contribution in [0.1, 0.15) is 38.5 Å². The summed E-state index contributed by atoms with van der Waals surface area (Å²) in [5.41, 5.74) is 3.59. The van der Waals surface area contributed by atoms with Crippen molar-refractivity contribution in [2.45, 2.75) is 33.5 Å². The zero-order valence-electron chi connectivity index (χ0n) is 15.8. The molecule has 28 heavy (non-hydrogen) atoms. The lowest BCUT2D eigenvalue weighted by Crippen LogP contribution is -2.08. The lowest BCUT2D eigenvalue weighted by atomic mass is 10.1. The van der Waals surface area contributed by atoms with Crippen molar-refractivity contribution >= 4 is 12.3 Å². The molecule has 0 N–H and O–H groups in total. The molecule has 0 saturated carbocycles. The van der Waals surface area contributed by atoms with Gasteiger partial charge in [-0.2, -0.15) is 0 Å². The first-order chi connectivity index (χ1) is 13.6. The van der Waals surface area contributed by atoms with Gasteiger partial charge in [0.2, 0.25) is 0 Å². The lowest BCUT2D eigenvalue weighted by Gasteiger charge is -2.10. The normalized spacial score (nSPS) is 10.5. The van der Waals surface area contributed by atoms with E-state index in [-0.39, 0.29) is 25.6 Å². The molecule has 144 valence electrons. The van der Waals surface area contributed by atoms with Crippen molar-refractivity contribution in [2.24, 2.45) is 0 Å². The second-order valence-corrected chi connectivity index (χ2v) is 6.40. The first kappa shape index (κ1) is 19.4. The van der Waals surface area contributed by atoms with Crippen LogP contribution in [0.4, 0.5) is 0 Å². The highest BCUT2D eigenvalue weighted by atomic mass is 16.5. The molecular formula is C22H21NO5. The van der Waals surface area contributed by atoms with Crippen molar-refractivity contribution in [3.05, 3.63) is 82.2 Å². The minimum absolute atomic E-state index is 0.0812. The maximum atomic E-state index is 12.1. The Morgan fingerprint density at radius 2 is 1.86 bits per heavy atom. The molecular weight excluding hydrogens is 358 g/mol. The monoisotopic (exact) mass is 379 g/mol. The number of ether oxygens (including phenoxy) is 2. The molecule has 0 atom stereocenters. The van der Waals surface area contributed by atoms with Crippen LogP contribution in [0.15, 0.2) is 53.1 Å². The molecule has 3 rings (SSSR count). The molecule has 6 nitrogen and oxygen atoms in total. The van der Waals surface area contributed by atoms with Gasteiger partial charge in [-0.3, -0.25) is 9.59 Å². The van der Waals surface area contributed by atoms with E-state index in [1.54, 1.807) is 18.2 Å². The maximum absolute atomic E-state index is 12.1. The van der Waals surface area contributed by atoms with Gasteiger partial charge in [-0.1, -0.05) is 41.6 Å². The highest BCUT2D eigenvalue weighted by molar-refractivity contribution is 5.81. The van der Waals surface area contributed by atoms with E-state index >= 15 is 0 Å². The Hall–Kier alpha value is -3.41. The standard InChI is InChI=1S/C22H21NO5/c1-15-20(16(2)28-23-15)14-26-21-9-8-18(10-19(21)12-24)11-22(25)27-13-17-6-4-3-5-7-17/h3-10,12H,11,13-14H2,1-2H3. The minimum atomic E-state index is -0.356. The van der Waals surface area contributed by atoms with Gasteiger partial charge in [-0.15, -0.1) is 0 Å². The third-order valence-corrected chi connectivity index (χ3v) is 4.35. The van der Waals surface area contributed by atoms with Crippen LogP contribution in [0.5, 0.6) is 5.75 Å². The number of hydrogen-bond donors (Lipinski definition) is 0. The Balaban J connectivity index is 1.60. The molecule has 1 heterocycles. The lowest BCUT2D eigenvalue weighted by molar-refractivity contribution is -0.144. The summed E-state index contributed by atoms with van der Waals surface area (Å²) >= 11 is 0. The van der Waals surface area contributed by atoms with Crippen LogP contribution in [0.2, 0.25) is 0 Å². The summed E-state index contributed by atoms with van der Waals surface area (Å²) in [5.74, 6) is 0.768. The summed E-state index contributed by atoms with van der Waals surface area (Å²) < 4.78 is 16.1. The van der Waals surface area contributed by atoms with Crippen molar-refractivity contribution in [2.75, 3.05) is 0 Å². The van der Waals surface area contributed by atoms with Gasteiger partial charge in [0, 0.05) is 0 Å². The number of carbonyl (C=O) groups excluding carboxylic acids is 2. The molecule has 3 aromatic rings. The SMILES string of the molecule is Cc1noc(C)c1COc1ccc(CC(=O)OCc2ccccc2)cc1C=O. The van der Waals surface area contributed by atoms with Crippen molar-refractivity contribution in [3.63, 3.8) is 0 Å². The summed E-state index contributed by atoms with van der Waals surface area (Å²) in [5, 5.41) is 3.88. The molecule has 0 aliphatic heterocycles. The van der Waals surface area contributed by atoms with E-state index in [2.05, 4.69) is 5.16 Å². The number of benzene rings is 2. The largest absolute Gasteiger partial charge is 0.488 e. The van der Waals surface area contributed by atoms with Crippen LogP contribution >= 0.6 is 0 Å². The van der Waals surface area contributed by atoms with E-state index < -0.39 is 0 Å². The van der Waals surface area contributed by atoms with Gasteiger partial charge in [0.25, 0.3) is 0 Å². The molecule has 1 aromatic heterocycles. The first-order valence-corrected chi connectivity index (χ1v) is 8.89. The number of aldehydes is 1. The van der Waals surface area contributed by atoms with Crippen LogP contribution in [0.25, 0.3) is 0 Å². The predicted octanol–water partition coefficient (Wildman–Crippen LogP) is 3.97. The number of nitrogens with zero attached hydrogens (tertiary/aromatic N) is 1. The van der Waals surface area contributed by atoms with Gasteiger partial charge in [0.1, 0.15) is 24.7 Å². The summed E-state index contributed by atoms with van der Waals surface area (Å²) in [6.45, 7) is 4.11. The molecule has 0 amide bonds. The number of aromatic nitrogens is 1. The Kier molecular flexibility index (Phi) is 6.22. The highest BCUT2D eigenvalue weighted by Crippen LogP contribution is 2.22. The number of esters is 1. The Morgan fingerprint density at radius 1 is 1.07 bits per heavy atom. The average molecular weight is 379 g/mol. The van der Waals surface area contributed by atoms with Gasteiger partial charge >= 0.3 is 5.97 Å². The van der Waals surface area contributed by atoms with Crippen LogP contribution in [0.3, 0.4) is 0 Å². The molecule has 0 radical (unpaired) electrons. The van der Waals surface area contributed by atoms with Crippen molar-refractivity contribution in [1.82, 2.24) is 5.16 Å². The number of aryl methyl sites for hydroxylation is 2. The molecule has 0 unspecified atom stereocenters. The molecule has 0 aliphatic rings. The second-order valence-electron chi connectivity index (χ2n) is 6.40. The smallest absolute Gasteiger partial charge is 0.310 e. The predicted molar refractivity (Wildman–Crippen MR) is 102 cm³/mol. The third-order valence-electron chi connectivity index (χ3n) is 4.35. The van der Waals surface area contributed by atoms with Gasteiger partial charge in [-0.05, 0) is 37.1 Å². The van der Waals surface area contributed by atoms with Crippen LogP contribution in [-0.4, -0.2) is 17.4 Å². The second kappa shape index (κ2) is 8.99. The van der Waals surface area contributed by atoms with E-state index in [0.717, 1.165) is 16.8 Å². The van der Waals surface area contributed by atoms with Crippen molar-refractivity contribution in [3.8, 4) is 5.75 Å². The summed E-state index contributed by atoms with van der Waals surface area (Å²) in [6, 6.07) is 14.5. The molecule has 0 aliphatic carbocycles. The zero-order chi connectivity index (χ0) is 19.9. The van der Waals surface area contributed by atoms with Crippen molar-refractivity contribution in [1.29, 1.82) is 0 Å². The molecule has 0 spiro atoms. The van der Waals surface area contributed by atoms with Crippen molar-refractivity contribution < 1.29 is 23.6 Å². The van der Waals surface area contributed by atoms with E-state index in [4.69, 9.17) is 14.0 Å². The number of rotatable bonds is 8. The molecule has 6 heteroatoms. The fourth-order valence-electron chi connectivity index (χ4n) is 2.75. The number of hydrogen-bond acceptors (Lipinski definition) is 6. The molecule has 0 saturated heterocycles. The summed E-state index contributed by atoms with van der Waals surface area (Å²) in [4.78, 5) is 23.5. The van der Waals surface area contributed by atoms with E-state index in [0.29, 0.717) is 28.9 Å². The molecule has 0 bridgehead atoms. The average Bonchev–Trinajstić information content (AvgIpc) is 3.03. The number of carbonyl (C=O) groups is 2. The highest BCUT2D eigenvalue weighted by Gasteiger charge is 2.13. The Labute approximate surface area is 163 Å². The molecule has 0 fully saturated rings. The Bertz CT molecular complexity index is 943. The quantitative estimate of drug-likeness (QED) is 0.435. The molecule has 2 aromatic carbocycles. The van der Waals surface area contributed by atoms with Crippen LogP contribution < -0.4 is 4.74 Å². The van der Waals surface area contributed by atoms with Gasteiger partial charge < -0.3 is 14.0 Å². The maximum Gasteiger partial charge on any atom is 0.310 e. The van der Waals surface area contributed by atoms with Crippen LogP contribution in [-0.2, 0) is 29.2 Å². The Morgan fingerprint density at radius 3 is 2.54 bits per heavy atom. The van der Waals surface area contributed by atoms with Crippen LogP contribution in [0, 0.1) is 13.8 Å². The van der Waals surface area contributed by atoms with Gasteiger partial charge in [0.15, 0.2) is 6.29 Å². The summed E-state index contributed by atoms with van der Waals surface area (Å²) in [7, 11) is 0. The van der Waals surface area contributed by atoms with Gasteiger partial charge in [-0.25, -0.2) is 0 Å². The van der Waals surface area contributed by atoms with E-state index in [9.17, 15) is 9.59 Å². The minimum Gasteiger partial charge on any atom is -0.488 e. The van der Waals surface area contributed by atoms with E-state index in [1.165, 1.54) is 0 Å². The topological polar surface area (TPSA) is 78.6 Å². The van der Waals surface area contributed by atoms with E-state index in [1.807, 2.05) is 44.2 Å². The first-order valence-electron chi connectivity index (χ1n) is 8.89. The summed E-state index contributed by atoms with van der Waals surface area (Å²) in [6.07, 6.45) is 0.791. The zero-order valence-corrected chi connectivity index (χ0v) is 15.8.